The van der Waals surface area contributed by atoms with Crippen LogP contribution in [0.1, 0.15) is 43.2 Å². The third-order valence-corrected chi connectivity index (χ3v) is 6.07. The molecule has 194 valence electrons. The van der Waals surface area contributed by atoms with Crippen LogP contribution in [-0.2, 0) is 4.74 Å². The van der Waals surface area contributed by atoms with Gasteiger partial charge in [0.15, 0.2) is 12.1 Å². The van der Waals surface area contributed by atoms with E-state index in [2.05, 4.69) is 25.8 Å². The first-order valence-corrected chi connectivity index (χ1v) is 11.9. The third-order valence-electron chi connectivity index (χ3n) is 6.07. The highest BCUT2D eigenvalue weighted by Gasteiger charge is 2.29. The van der Waals surface area contributed by atoms with E-state index in [1.807, 2.05) is 0 Å². The van der Waals surface area contributed by atoms with Gasteiger partial charge in [-0.15, -0.1) is 0 Å². The minimum atomic E-state index is -2.83. The second-order valence-electron chi connectivity index (χ2n) is 8.78. The number of aromatic nitrogens is 3. The predicted octanol–water partition coefficient (Wildman–Crippen LogP) is 4.25. The van der Waals surface area contributed by atoms with Crippen molar-refractivity contribution in [1.29, 1.82) is 0 Å². The van der Waals surface area contributed by atoms with Gasteiger partial charge in [0.05, 0.1) is 22.5 Å². The van der Waals surface area contributed by atoms with Crippen LogP contribution >= 0.6 is 0 Å². The number of nitrogens with one attached hydrogen (secondary N) is 2. The van der Waals surface area contributed by atoms with Gasteiger partial charge in [-0.05, 0) is 52.8 Å². The Bertz CT molecular complexity index is 1160. The first-order chi connectivity index (χ1) is 17.3. The predicted molar refractivity (Wildman–Crippen MR) is 130 cm³/mol. The summed E-state index contributed by atoms with van der Waals surface area (Å²) >= 11 is 0. The Labute approximate surface area is 208 Å². The van der Waals surface area contributed by atoms with Gasteiger partial charge in [-0.2, -0.15) is 0 Å². The number of aliphatic hydroxyl groups is 1. The molecule has 1 aliphatic rings. The summed E-state index contributed by atoms with van der Waals surface area (Å²) in [5, 5.41) is 20.0. The fourth-order valence-electron chi connectivity index (χ4n) is 4.22. The summed E-state index contributed by atoms with van der Waals surface area (Å²) in [6.07, 6.45) is -2.87. The Balaban J connectivity index is 1.84. The number of ether oxygens (including phenoxy) is 2. The maximum atomic E-state index is 14.5. The standard InChI is InChI=1S/C25H31F2N5O4/c1-13-19(15(3)36-32-13)21-20(22(26)27)24(29-17-8-10-34-11-9-17)31-23(30-21)16-6-5-7-18(12-16)35-25(28-4)14(2)33/h5-7,12,14,17,22,25,28,33H,8-11H2,1-4H3,(H,29,30,31). The highest BCUT2D eigenvalue weighted by molar-refractivity contribution is 5.75. The molecule has 1 aromatic carbocycles. The minimum absolute atomic E-state index is 0.0615. The Hall–Kier alpha value is -3.15. The number of hydrogen-bond donors (Lipinski definition) is 3. The van der Waals surface area contributed by atoms with Gasteiger partial charge in [0.1, 0.15) is 23.4 Å². The summed E-state index contributed by atoms with van der Waals surface area (Å²) in [5.41, 5.74) is 1.22. The van der Waals surface area contributed by atoms with Crippen LogP contribution in [0.5, 0.6) is 5.75 Å². The molecule has 2 aromatic heterocycles. The Morgan fingerprint density at radius 2 is 1.92 bits per heavy atom. The quantitative estimate of drug-likeness (QED) is 0.369. The first kappa shape index (κ1) is 25.9. The summed E-state index contributed by atoms with van der Waals surface area (Å²) < 4.78 is 45.6. The lowest BCUT2D eigenvalue weighted by Gasteiger charge is -2.25. The van der Waals surface area contributed by atoms with Gasteiger partial charge in [-0.1, -0.05) is 17.3 Å². The van der Waals surface area contributed by atoms with Gasteiger partial charge in [0.25, 0.3) is 6.43 Å². The van der Waals surface area contributed by atoms with E-state index in [0.29, 0.717) is 54.4 Å². The van der Waals surface area contributed by atoms with Crippen molar-refractivity contribution >= 4 is 5.82 Å². The first-order valence-electron chi connectivity index (χ1n) is 11.9. The third kappa shape index (κ3) is 5.63. The number of alkyl halides is 2. The molecule has 0 saturated carbocycles. The van der Waals surface area contributed by atoms with Crippen LogP contribution in [0, 0.1) is 13.8 Å². The van der Waals surface area contributed by atoms with Crippen molar-refractivity contribution in [1.82, 2.24) is 20.4 Å². The number of benzene rings is 1. The lowest BCUT2D eigenvalue weighted by Crippen LogP contribution is -2.40. The average molecular weight is 504 g/mol. The molecule has 9 nitrogen and oxygen atoms in total. The van der Waals surface area contributed by atoms with Crippen LogP contribution in [0.25, 0.3) is 22.6 Å². The van der Waals surface area contributed by atoms with Crippen molar-refractivity contribution in [2.45, 2.75) is 58.4 Å². The smallest absolute Gasteiger partial charge is 0.269 e. The Kier molecular flexibility index (Phi) is 8.12. The maximum absolute atomic E-state index is 14.5. The van der Waals surface area contributed by atoms with Crippen molar-refractivity contribution in [2.24, 2.45) is 0 Å². The summed E-state index contributed by atoms with van der Waals surface area (Å²) in [7, 11) is 1.68. The van der Waals surface area contributed by atoms with E-state index in [1.54, 1.807) is 52.1 Å². The molecule has 0 aliphatic carbocycles. The van der Waals surface area contributed by atoms with Crippen LogP contribution in [0.3, 0.4) is 0 Å². The summed E-state index contributed by atoms with van der Waals surface area (Å²) in [5.74, 6) is 1.17. The van der Waals surface area contributed by atoms with Crippen molar-refractivity contribution in [3.63, 3.8) is 0 Å². The van der Waals surface area contributed by atoms with Gasteiger partial charge >= 0.3 is 0 Å². The average Bonchev–Trinajstić information content (AvgIpc) is 3.20. The fourth-order valence-corrected chi connectivity index (χ4v) is 4.22. The molecule has 1 fully saturated rings. The molecule has 1 saturated heterocycles. The minimum Gasteiger partial charge on any atom is -0.473 e. The van der Waals surface area contributed by atoms with Crippen LogP contribution in [0.2, 0.25) is 0 Å². The zero-order chi connectivity index (χ0) is 25.8. The van der Waals surface area contributed by atoms with Crippen LogP contribution < -0.4 is 15.4 Å². The molecule has 0 radical (unpaired) electrons. The molecule has 2 unspecified atom stereocenters. The molecule has 36 heavy (non-hydrogen) atoms. The number of nitrogens with zero attached hydrogens (tertiary/aromatic N) is 3. The summed E-state index contributed by atoms with van der Waals surface area (Å²) in [4.78, 5) is 9.13. The molecule has 4 rings (SSSR count). The number of halogens is 2. The lowest BCUT2D eigenvalue weighted by atomic mass is 10.0. The molecule has 0 amide bonds. The molecule has 1 aliphatic heterocycles. The molecule has 0 bridgehead atoms. The second kappa shape index (κ2) is 11.3. The SMILES string of the molecule is CNC(Oc1cccc(-c2nc(NC3CCOCC3)c(C(F)F)c(-c3c(C)noc3C)n2)c1)C(C)O. The van der Waals surface area contributed by atoms with E-state index in [4.69, 9.17) is 14.0 Å². The number of hydrogen-bond acceptors (Lipinski definition) is 9. The van der Waals surface area contributed by atoms with E-state index < -0.39 is 18.8 Å². The number of likely N-dealkylation sites (N-methyl/N-ethyl adjacent to an activating group) is 1. The number of aryl methyl sites for hydroxylation is 2. The normalized spacial score (nSPS) is 16.2. The van der Waals surface area contributed by atoms with Crippen molar-refractivity contribution in [2.75, 3.05) is 25.6 Å². The maximum Gasteiger partial charge on any atom is 0.269 e. The largest absolute Gasteiger partial charge is 0.473 e. The Morgan fingerprint density at radius 1 is 1.17 bits per heavy atom. The number of rotatable bonds is 9. The second-order valence-corrected chi connectivity index (χ2v) is 8.78. The van der Waals surface area contributed by atoms with Gasteiger partial charge in [-0.25, -0.2) is 18.7 Å². The van der Waals surface area contributed by atoms with Crippen molar-refractivity contribution < 1.29 is 27.9 Å². The highest BCUT2D eigenvalue weighted by atomic mass is 19.3. The van der Waals surface area contributed by atoms with E-state index in [9.17, 15) is 13.9 Å². The van der Waals surface area contributed by atoms with Gasteiger partial charge in [0, 0.05) is 24.8 Å². The molecule has 3 aromatic rings. The van der Waals surface area contributed by atoms with Crippen molar-refractivity contribution in [3.05, 3.63) is 41.3 Å². The monoisotopic (exact) mass is 503 g/mol. The molecular formula is C25H31F2N5O4. The Morgan fingerprint density at radius 3 is 2.53 bits per heavy atom. The summed E-state index contributed by atoms with van der Waals surface area (Å²) in [6, 6.07) is 6.91. The van der Waals surface area contributed by atoms with E-state index in [0.717, 1.165) is 0 Å². The molecule has 0 spiro atoms. The van der Waals surface area contributed by atoms with Crippen LogP contribution in [0.15, 0.2) is 28.8 Å². The van der Waals surface area contributed by atoms with Crippen LogP contribution in [-0.4, -0.2) is 58.9 Å². The van der Waals surface area contributed by atoms with E-state index in [-0.39, 0.29) is 28.9 Å². The zero-order valence-corrected chi connectivity index (χ0v) is 20.7. The molecule has 3 N–H and O–H groups in total. The molecular weight excluding hydrogens is 472 g/mol. The number of anilines is 1. The number of aliphatic hydroxyl groups excluding tert-OH is 1. The van der Waals surface area contributed by atoms with Crippen molar-refractivity contribution in [3.8, 4) is 28.4 Å². The van der Waals surface area contributed by atoms with E-state index >= 15 is 0 Å². The molecule has 2 atom stereocenters. The van der Waals surface area contributed by atoms with E-state index in [1.165, 1.54) is 0 Å². The fraction of sp³-hybridized carbons (Fsp3) is 0.480. The van der Waals surface area contributed by atoms with Gasteiger partial charge < -0.3 is 24.4 Å². The molecule has 3 heterocycles. The lowest BCUT2D eigenvalue weighted by molar-refractivity contribution is 0.0321. The highest BCUT2D eigenvalue weighted by Crippen LogP contribution is 2.39. The topological polar surface area (TPSA) is 115 Å². The summed E-state index contributed by atoms with van der Waals surface area (Å²) in [6.45, 7) is 6.07. The zero-order valence-electron chi connectivity index (χ0n) is 20.7. The molecule has 11 heteroatoms. The van der Waals surface area contributed by atoms with Crippen LogP contribution in [0.4, 0.5) is 14.6 Å². The van der Waals surface area contributed by atoms with Gasteiger partial charge in [-0.3, -0.25) is 5.32 Å². The van der Waals surface area contributed by atoms with Gasteiger partial charge in [0.2, 0.25) is 0 Å².